The fourth-order valence-corrected chi connectivity index (χ4v) is 5.51. The van der Waals surface area contributed by atoms with E-state index in [0.717, 1.165) is 41.7 Å². The number of benzene rings is 3. The van der Waals surface area contributed by atoms with Crippen molar-refractivity contribution in [1.82, 2.24) is 4.98 Å². The van der Waals surface area contributed by atoms with Crippen LogP contribution in [0.5, 0.6) is 0 Å². The highest BCUT2D eigenvalue weighted by Gasteiger charge is 2.22. The maximum absolute atomic E-state index is 12.8. The quantitative estimate of drug-likeness (QED) is 0.302. The molecule has 0 fully saturated rings. The number of carbonyl (C=O) groups excluding carboxylic acids is 1. The average molecular weight is 480 g/mol. The summed E-state index contributed by atoms with van der Waals surface area (Å²) in [6.07, 6.45) is 1.90. The summed E-state index contributed by atoms with van der Waals surface area (Å²) in [4.78, 5) is 26.6. The second kappa shape index (κ2) is 9.31. The third-order valence-electron chi connectivity index (χ3n) is 4.79. The zero-order valence-corrected chi connectivity index (χ0v) is 18.7. The fraction of sp³-hybridized carbons (Fsp3) is 0.0435. The van der Waals surface area contributed by atoms with E-state index in [1.807, 2.05) is 42.5 Å². The van der Waals surface area contributed by atoms with Gasteiger partial charge in [-0.2, -0.15) is 0 Å². The molecule has 166 valence electrons. The highest BCUT2D eigenvalue weighted by Crippen LogP contribution is 2.29. The van der Waals surface area contributed by atoms with Gasteiger partial charge in [0.15, 0.2) is 5.13 Å². The van der Waals surface area contributed by atoms with Crippen molar-refractivity contribution in [2.24, 2.45) is 0 Å². The third-order valence-corrected chi connectivity index (χ3v) is 7.94. The number of sulfone groups is 1. The first-order valence-electron chi connectivity index (χ1n) is 9.72. The predicted molar refractivity (Wildman–Crippen MR) is 124 cm³/mol. The number of thiazole rings is 1. The average Bonchev–Trinajstić information content (AvgIpc) is 3.29. The molecule has 0 atom stereocenters. The molecule has 4 aromatic rings. The van der Waals surface area contributed by atoms with Crippen LogP contribution >= 0.6 is 11.3 Å². The van der Waals surface area contributed by atoms with E-state index in [1.165, 1.54) is 17.7 Å². The summed E-state index contributed by atoms with van der Waals surface area (Å²) in [7, 11) is -3.91. The van der Waals surface area contributed by atoms with E-state index in [-0.39, 0.29) is 19.9 Å². The van der Waals surface area contributed by atoms with Gasteiger partial charge in [0.2, 0.25) is 9.84 Å². The third kappa shape index (κ3) is 5.13. The molecule has 1 N–H and O–H groups in total. The summed E-state index contributed by atoms with van der Waals surface area (Å²) >= 11 is 0.808. The van der Waals surface area contributed by atoms with Crippen molar-refractivity contribution in [3.8, 4) is 0 Å². The van der Waals surface area contributed by atoms with Crippen molar-refractivity contribution in [1.29, 1.82) is 0 Å². The van der Waals surface area contributed by atoms with E-state index in [2.05, 4.69) is 10.3 Å². The second-order valence-corrected chi connectivity index (χ2v) is 10.3. The topological polar surface area (TPSA) is 119 Å². The highest BCUT2D eigenvalue weighted by atomic mass is 32.2. The Hall–Kier alpha value is -3.89. The number of nitrogens with one attached hydrogen (secondary N) is 1. The molecule has 0 aliphatic heterocycles. The van der Waals surface area contributed by atoms with Crippen molar-refractivity contribution in [2.45, 2.75) is 15.5 Å². The van der Waals surface area contributed by atoms with Gasteiger partial charge in [-0.1, -0.05) is 53.8 Å². The summed E-state index contributed by atoms with van der Waals surface area (Å²) in [5, 5.41) is 13.5. The minimum absolute atomic E-state index is 0.0788. The Morgan fingerprint density at radius 3 is 2.21 bits per heavy atom. The molecule has 1 aromatic heterocycles. The van der Waals surface area contributed by atoms with Crippen molar-refractivity contribution in [3.05, 3.63) is 112 Å². The largest absolute Gasteiger partial charge is 0.298 e. The summed E-state index contributed by atoms with van der Waals surface area (Å²) in [5.74, 6) is -0.408. The number of hydrogen-bond donors (Lipinski definition) is 1. The van der Waals surface area contributed by atoms with Crippen LogP contribution in [0.4, 0.5) is 10.8 Å². The molecule has 1 heterocycles. The zero-order valence-electron chi connectivity index (χ0n) is 17.0. The van der Waals surface area contributed by atoms with Gasteiger partial charge < -0.3 is 0 Å². The molecule has 8 nitrogen and oxygen atoms in total. The number of amides is 1. The summed E-state index contributed by atoms with van der Waals surface area (Å²) in [5.41, 5.74) is 2.44. The molecule has 10 heteroatoms. The van der Waals surface area contributed by atoms with Gasteiger partial charge in [0, 0.05) is 17.7 Å². The molecule has 0 aliphatic carbocycles. The van der Waals surface area contributed by atoms with E-state index in [1.54, 1.807) is 12.1 Å². The molecule has 33 heavy (non-hydrogen) atoms. The minimum atomic E-state index is -3.91. The first kappa shape index (κ1) is 22.3. The van der Waals surface area contributed by atoms with Crippen LogP contribution in [0.25, 0.3) is 0 Å². The Bertz CT molecular complexity index is 1400. The number of carbonyl (C=O) groups is 1. The van der Waals surface area contributed by atoms with E-state index in [9.17, 15) is 23.3 Å². The summed E-state index contributed by atoms with van der Waals surface area (Å²) in [6.45, 7) is 0. The van der Waals surface area contributed by atoms with Crippen LogP contribution in [-0.4, -0.2) is 24.2 Å². The van der Waals surface area contributed by atoms with E-state index >= 15 is 0 Å². The standard InChI is InChI=1S/C23H17N3O5S2/c27-22(18-8-6-17(7-9-18)14-16-4-2-1-3-5-16)25-23-24-15-21(32-23)33(30,31)20-12-10-19(11-13-20)26(28)29/h1-13,15H,14H2,(H,24,25,27). The molecule has 4 rings (SSSR count). The van der Waals surface area contributed by atoms with Crippen molar-refractivity contribution < 1.29 is 18.1 Å². The first-order valence-corrected chi connectivity index (χ1v) is 12.0. The zero-order chi connectivity index (χ0) is 23.4. The molecule has 1 amide bonds. The van der Waals surface area contributed by atoms with E-state index in [4.69, 9.17) is 0 Å². The summed E-state index contributed by atoms with van der Waals surface area (Å²) < 4.78 is 25.4. The van der Waals surface area contributed by atoms with Gasteiger partial charge in [-0.25, -0.2) is 13.4 Å². The van der Waals surface area contributed by atoms with Gasteiger partial charge in [0.1, 0.15) is 4.21 Å². The molecular formula is C23H17N3O5S2. The number of aromatic nitrogens is 1. The van der Waals surface area contributed by atoms with Gasteiger partial charge in [0.25, 0.3) is 11.6 Å². The Morgan fingerprint density at radius 1 is 0.939 bits per heavy atom. The number of nitrogens with zero attached hydrogens (tertiary/aromatic N) is 2. The fourth-order valence-electron chi connectivity index (χ4n) is 3.08. The Morgan fingerprint density at radius 2 is 1.58 bits per heavy atom. The van der Waals surface area contributed by atoms with Crippen molar-refractivity contribution in [2.75, 3.05) is 5.32 Å². The number of anilines is 1. The number of non-ortho nitro benzene ring substituents is 1. The molecule has 0 unspecified atom stereocenters. The molecule has 3 aromatic carbocycles. The van der Waals surface area contributed by atoms with Crippen LogP contribution < -0.4 is 5.32 Å². The van der Waals surface area contributed by atoms with Crippen LogP contribution in [0.2, 0.25) is 0 Å². The van der Waals surface area contributed by atoms with E-state index in [0.29, 0.717) is 5.56 Å². The Labute approximate surface area is 193 Å². The van der Waals surface area contributed by atoms with Crippen LogP contribution in [-0.2, 0) is 16.3 Å². The molecule has 0 saturated carbocycles. The maximum atomic E-state index is 12.8. The molecule has 0 saturated heterocycles. The lowest BCUT2D eigenvalue weighted by Gasteiger charge is -2.05. The lowest BCUT2D eigenvalue weighted by Crippen LogP contribution is -2.11. The molecular weight excluding hydrogens is 462 g/mol. The molecule has 0 bridgehead atoms. The molecule has 0 aliphatic rings. The highest BCUT2D eigenvalue weighted by molar-refractivity contribution is 7.93. The van der Waals surface area contributed by atoms with Gasteiger partial charge >= 0.3 is 0 Å². The number of nitro groups is 1. The van der Waals surface area contributed by atoms with Crippen LogP contribution in [0.1, 0.15) is 21.5 Å². The SMILES string of the molecule is O=C(Nc1ncc(S(=O)(=O)c2ccc([N+](=O)[O-])cc2)s1)c1ccc(Cc2ccccc2)cc1. The van der Waals surface area contributed by atoms with Gasteiger partial charge in [0.05, 0.1) is 16.0 Å². The number of hydrogen-bond acceptors (Lipinski definition) is 7. The second-order valence-electron chi connectivity index (χ2n) is 7.05. The summed E-state index contributed by atoms with van der Waals surface area (Å²) in [6, 6.07) is 21.7. The normalized spacial score (nSPS) is 11.2. The van der Waals surface area contributed by atoms with Gasteiger partial charge in [-0.05, 0) is 41.8 Å². The van der Waals surface area contributed by atoms with Crippen molar-refractivity contribution in [3.63, 3.8) is 0 Å². The van der Waals surface area contributed by atoms with Gasteiger partial charge in [-0.3, -0.25) is 20.2 Å². The minimum Gasteiger partial charge on any atom is -0.298 e. The smallest absolute Gasteiger partial charge is 0.269 e. The molecule has 0 spiro atoms. The van der Waals surface area contributed by atoms with Crippen LogP contribution in [0.3, 0.4) is 0 Å². The number of rotatable bonds is 7. The monoisotopic (exact) mass is 479 g/mol. The van der Waals surface area contributed by atoms with Crippen molar-refractivity contribution >= 4 is 37.9 Å². The lowest BCUT2D eigenvalue weighted by molar-refractivity contribution is -0.384. The van der Waals surface area contributed by atoms with E-state index < -0.39 is 20.7 Å². The molecule has 0 radical (unpaired) electrons. The Kier molecular flexibility index (Phi) is 6.29. The Balaban J connectivity index is 1.44. The van der Waals surface area contributed by atoms with Crippen LogP contribution in [0.15, 0.2) is 94.2 Å². The predicted octanol–water partition coefficient (Wildman–Crippen LogP) is 4.73. The van der Waals surface area contributed by atoms with Crippen LogP contribution in [0, 0.1) is 10.1 Å². The number of nitro benzene ring substituents is 1. The lowest BCUT2D eigenvalue weighted by atomic mass is 10.0. The van der Waals surface area contributed by atoms with Gasteiger partial charge in [-0.15, -0.1) is 0 Å². The maximum Gasteiger partial charge on any atom is 0.269 e. The first-order chi connectivity index (χ1) is 15.8.